The molecule has 86 valence electrons. The Morgan fingerprint density at radius 1 is 1.60 bits per heavy atom. The minimum absolute atomic E-state index is 0.123. The van der Waals surface area contributed by atoms with Crippen molar-refractivity contribution in [2.75, 3.05) is 11.5 Å². The van der Waals surface area contributed by atoms with Gasteiger partial charge in [-0.3, -0.25) is 0 Å². The summed E-state index contributed by atoms with van der Waals surface area (Å²) in [5, 5.41) is 15.0. The number of nitrogens with zero attached hydrogens (tertiary/aromatic N) is 2. The molecular weight excluding hydrogens is 236 g/mol. The summed E-state index contributed by atoms with van der Waals surface area (Å²) in [6.07, 6.45) is 0.162. The van der Waals surface area contributed by atoms with Gasteiger partial charge >= 0.3 is 0 Å². The van der Waals surface area contributed by atoms with Crippen molar-refractivity contribution in [2.45, 2.75) is 25.9 Å². The Labute approximate surface area is 93.2 Å². The predicted octanol–water partition coefficient (Wildman–Crippen LogP) is 0.786. The van der Waals surface area contributed by atoms with Crippen LogP contribution in [0.15, 0.2) is 5.38 Å². The van der Waals surface area contributed by atoms with E-state index in [9.17, 15) is 13.5 Å². The van der Waals surface area contributed by atoms with E-state index in [1.54, 1.807) is 12.3 Å². The highest BCUT2D eigenvalue weighted by molar-refractivity contribution is 7.91. The van der Waals surface area contributed by atoms with Gasteiger partial charge in [0.25, 0.3) is 0 Å². The molecule has 1 rings (SSSR count). The summed E-state index contributed by atoms with van der Waals surface area (Å²) in [4.78, 5) is 0. The molecule has 0 saturated carbocycles. The van der Waals surface area contributed by atoms with E-state index in [2.05, 4.69) is 9.59 Å². The lowest BCUT2D eigenvalue weighted by atomic mass is 10.2. The summed E-state index contributed by atoms with van der Waals surface area (Å²) in [7, 11) is -2.93. The summed E-state index contributed by atoms with van der Waals surface area (Å²) in [6, 6.07) is 0. The molecule has 0 fully saturated rings. The zero-order valence-electron chi connectivity index (χ0n) is 8.46. The van der Waals surface area contributed by atoms with E-state index in [1.807, 2.05) is 0 Å². The molecule has 5 nitrogen and oxygen atoms in total. The zero-order valence-corrected chi connectivity index (χ0v) is 10.1. The molecule has 0 spiro atoms. The van der Waals surface area contributed by atoms with Crippen molar-refractivity contribution >= 4 is 21.4 Å². The van der Waals surface area contributed by atoms with E-state index in [1.165, 1.54) is 11.5 Å². The lowest BCUT2D eigenvalue weighted by Gasteiger charge is -2.06. The quantitative estimate of drug-likeness (QED) is 0.807. The van der Waals surface area contributed by atoms with Gasteiger partial charge in [-0.2, -0.15) is 0 Å². The van der Waals surface area contributed by atoms with Crippen molar-refractivity contribution < 1.29 is 13.5 Å². The number of sulfone groups is 1. The van der Waals surface area contributed by atoms with Crippen LogP contribution in [0.25, 0.3) is 0 Å². The average Bonchev–Trinajstić information content (AvgIpc) is 2.70. The van der Waals surface area contributed by atoms with Gasteiger partial charge in [-0.1, -0.05) is 11.4 Å². The molecule has 0 aliphatic rings. The Hall–Kier alpha value is -0.530. The molecular formula is C8H14N2O3S2. The average molecular weight is 250 g/mol. The lowest BCUT2D eigenvalue weighted by Crippen LogP contribution is -2.10. The molecule has 0 radical (unpaired) electrons. The normalized spacial score (nSPS) is 14.0. The highest BCUT2D eigenvalue weighted by Gasteiger charge is 2.13. The highest BCUT2D eigenvalue weighted by Crippen LogP contribution is 2.16. The van der Waals surface area contributed by atoms with Crippen LogP contribution in [0.1, 0.15) is 31.6 Å². The second-order valence-corrected chi connectivity index (χ2v) is 6.31. The van der Waals surface area contributed by atoms with Gasteiger partial charge in [0.05, 0.1) is 11.9 Å². The van der Waals surface area contributed by atoms with Gasteiger partial charge in [-0.25, -0.2) is 8.42 Å². The van der Waals surface area contributed by atoms with E-state index in [4.69, 9.17) is 0 Å². The molecule has 0 aliphatic carbocycles. The first-order valence-corrected chi connectivity index (χ1v) is 7.36. The number of aliphatic hydroxyl groups excluding tert-OH is 1. The Bertz CT molecular complexity index is 375. The van der Waals surface area contributed by atoms with Gasteiger partial charge in [0.15, 0.2) is 0 Å². The van der Waals surface area contributed by atoms with Crippen molar-refractivity contribution in [3.05, 3.63) is 11.1 Å². The molecule has 1 atom stereocenters. The fourth-order valence-corrected chi connectivity index (χ4v) is 2.50. The predicted molar refractivity (Wildman–Crippen MR) is 58.4 cm³/mol. The number of aromatic nitrogens is 2. The Morgan fingerprint density at radius 3 is 2.87 bits per heavy atom. The maximum Gasteiger partial charge on any atom is 0.150 e. The van der Waals surface area contributed by atoms with E-state index >= 15 is 0 Å². The third kappa shape index (κ3) is 4.23. The Morgan fingerprint density at radius 2 is 2.33 bits per heavy atom. The molecule has 1 aromatic rings. The minimum Gasteiger partial charge on any atom is -0.387 e. The summed E-state index contributed by atoms with van der Waals surface area (Å²) >= 11 is 1.17. The minimum atomic E-state index is -2.93. The number of hydrogen-bond donors (Lipinski definition) is 1. The summed E-state index contributed by atoms with van der Waals surface area (Å²) < 4.78 is 25.9. The fraction of sp³-hybridized carbons (Fsp3) is 0.750. The highest BCUT2D eigenvalue weighted by atomic mass is 32.2. The smallest absolute Gasteiger partial charge is 0.150 e. The van der Waals surface area contributed by atoms with Gasteiger partial charge < -0.3 is 5.11 Å². The first-order valence-electron chi connectivity index (χ1n) is 4.70. The fourth-order valence-electron chi connectivity index (χ4n) is 1.11. The van der Waals surface area contributed by atoms with Crippen LogP contribution in [0.5, 0.6) is 0 Å². The summed E-state index contributed by atoms with van der Waals surface area (Å²) in [5.41, 5.74) is 0.522. The number of rotatable bonds is 6. The van der Waals surface area contributed by atoms with Gasteiger partial charge in [-0.05, 0) is 24.4 Å². The molecule has 0 aromatic carbocycles. The molecule has 1 N–H and O–H groups in total. The second-order valence-electron chi connectivity index (χ2n) is 3.22. The largest absolute Gasteiger partial charge is 0.387 e. The molecule has 0 aliphatic heterocycles. The lowest BCUT2D eigenvalue weighted by molar-refractivity contribution is 0.162. The molecule has 15 heavy (non-hydrogen) atoms. The SMILES string of the molecule is CCS(=O)(=O)CCCC(O)c1csnn1. The molecule has 1 aromatic heterocycles. The zero-order chi connectivity index (χ0) is 11.3. The third-order valence-electron chi connectivity index (χ3n) is 2.09. The van der Waals surface area contributed by atoms with E-state index in [-0.39, 0.29) is 11.5 Å². The third-order valence-corrected chi connectivity index (χ3v) is 4.40. The summed E-state index contributed by atoms with van der Waals surface area (Å²) in [5.74, 6) is 0.277. The molecule has 7 heteroatoms. The van der Waals surface area contributed by atoms with Gasteiger partial charge in [0, 0.05) is 11.1 Å². The molecule has 1 unspecified atom stereocenters. The van der Waals surface area contributed by atoms with Crippen LogP contribution in [0.4, 0.5) is 0 Å². The van der Waals surface area contributed by atoms with Crippen molar-refractivity contribution in [3.8, 4) is 0 Å². The monoisotopic (exact) mass is 250 g/mol. The van der Waals surface area contributed by atoms with Crippen molar-refractivity contribution in [1.29, 1.82) is 0 Å². The topological polar surface area (TPSA) is 80.2 Å². The maximum absolute atomic E-state index is 11.2. The van der Waals surface area contributed by atoms with E-state index < -0.39 is 15.9 Å². The van der Waals surface area contributed by atoms with Crippen LogP contribution in [-0.2, 0) is 9.84 Å². The van der Waals surface area contributed by atoms with Crippen LogP contribution in [0.3, 0.4) is 0 Å². The maximum atomic E-state index is 11.2. The van der Waals surface area contributed by atoms with E-state index in [0.29, 0.717) is 18.5 Å². The Balaban J connectivity index is 2.33. The Kier molecular flexibility index (Phi) is 4.62. The molecule has 0 bridgehead atoms. The molecule has 1 heterocycles. The first kappa shape index (κ1) is 12.5. The van der Waals surface area contributed by atoms with Crippen molar-refractivity contribution in [3.63, 3.8) is 0 Å². The second kappa shape index (κ2) is 5.53. The summed E-state index contributed by atoms with van der Waals surface area (Å²) in [6.45, 7) is 1.62. The van der Waals surface area contributed by atoms with Crippen molar-refractivity contribution in [2.24, 2.45) is 0 Å². The molecule has 0 saturated heterocycles. The first-order chi connectivity index (χ1) is 7.05. The standard InChI is InChI=1S/C8H14N2O3S2/c1-2-15(12,13)5-3-4-8(11)7-6-14-10-9-7/h6,8,11H,2-5H2,1H3. The van der Waals surface area contributed by atoms with Crippen LogP contribution in [-0.4, -0.2) is 34.6 Å². The van der Waals surface area contributed by atoms with Gasteiger partial charge in [0.2, 0.25) is 0 Å². The van der Waals surface area contributed by atoms with E-state index in [0.717, 1.165) is 0 Å². The van der Waals surface area contributed by atoms with Gasteiger partial charge in [-0.15, -0.1) is 5.10 Å². The van der Waals surface area contributed by atoms with Gasteiger partial charge in [0.1, 0.15) is 15.5 Å². The number of aliphatic hydroxyl groups is 1. The van der Waals surface area contributed by atoms with Crippen LogP contribution >= 0.6 is 11.5 Å². The van der Waals surface area contributed by atoms with Crippen molar-refractivity contribution in [1.82, 2.24) is 9.59 Å². The van der Waals surface area contributed by atoms with Crippen LogP contribution < -0.4 is 0 Å². The van der Waals surface area contributed by atoms with Crippen LogP contribution in [0, 0.1) is 0 Å². The molecule has 0 amide bonds. The van der Waals surface area contributed by atoms with Crippen LogP contribution in [0.2, 0.25) is 0 Å². The number of hydrogen-bond acceptors (Lipinski definition) is 6.